The third-order valence-corrected chi connectivity index (χ3v) is 8.34. The lowest BCUT2D eigenvalue weighted by Crippen LogP contribution is -2.05. The lowest BCUT2D eigenvalue weighted by Gasteiger charge is -2.01. The fourth-order valence-electron chi connectivity index (χ4n) is 5.82. The van der Waals surface area contributed by atoms with Gasteiger partial charge in [0.25, 0.3) is 0 Å². The van der Waals surface area contributed by atoms with Crippen LogP contribution in [-0.2, 0) is 9.47 Å². The van der Waals surface area contributed by atoms with Gasteiger partial charge < -0.3 is 19.7 Å². The van der Waals surface area contributed by atoms with Crippen LogP contribution in [0.5, 0.6) is 0 Å². The number of rotatable bonds is 6. The summed E-state index contributed by atoms with van der Waals surface area (Å²) in [5.74, 6) is 4.91. The Morgan fingerprint density at radius 2 is 1.06 bits per heavy atom. The second-order valence-corrected chi connectivity index (χ2v) is 10.7. The van der Waals surface area contributed by atoms with Crippen molar-refractivity contribution in [3.8, 4) is 0 Å². The molecular formula is C28H48O4. The lowest BCUT2D eigenvalue weighted by molar-refractivity contribution is 0.151. The number of hydrogen-bond donors (Lipinski definition) is 2. The average molecular weight is 449 g/mol. The summed E-state index contributed by atoms with van der Waals surface area (Å²) in [7, 11) is 0. The summed E-state index contributed by atoms with van der Waals surface area (Å²) in [4.78, 5) is 0. The summed E-state index contributed by atoms with van der Waals surface area (Å²) in [5.41, 5.74) is 0. The Balaban J connectivity index is 0.000000120. The third kappa shape index (κ3) is 8.27. The molecule has 0 aromatic carbocycles. The first-order chi connectivity index (χ1) is 15.5. The van der Waals surface area contributed by atoms with Gasteiger partial charge in [0.05, 0.1) is 37.6 Å². The van der Waals surface area contributed by atoms with Gasteiger partial charge in [-0.3, -0.25) is 0 Å². The number of allylic oxidation sites excluding steroid dienone is 4. The summed E-state index contributed by atoms with van der Waals surface area (Å²) >= 11 is 0. The van der Waals surface area contributed by atoms with Crippen molar-refractivity contribution >= 4 is 0 Å². The molecule has 2 saturated heterocycles. The third-order valence-electron chi connectivity index (χ3n) is 8.34. The van der Waals surface area contributed by atoms with Gasteiger partial charge in [0.2, 0.25) is 0 Å². The summed E-state index contributed by atoms with van der Waals surface area (Å²) in [6, 6.07) is 0. The van der Waals surface area contributed by atoms with E-state index in [1.807, 2.05) is 13.8 Å². The highest BCUT2D eigenvalue weighted by Gasteiger charge is 2.55. The highest BCUT2D eigenvalue weighted by Crippen LogP contribution is 2.57. The van der Waals surface area contributed by atoms with E-state index in [0.29, 0.717) is 24.0 Å². The van der Waals surface area contributed by atoms with Gasteiger partial charge in [-0.1, -0.05) is 38.2 Å². The summed E-state index contributed by atoms with van der Waals surface area (Å²) < 4.78 is 10.0. The maximum atomic E-state index is 9.21. The molecular weight excluding hydrogens is 400 g/mol. The highest BCUT2D eigenvalue weighted by atomic mass is 16.6. The van der Waals surface area contributed by atoms with E-state index < -0.39 is 0 Å². The van der Waals surface area contributed by atoms with E-state index >= 15 is 0 Å². The topological polar surface area (TPSA) is 65.5 Å². The van der Waals surface area contributed by atoms with Gasteiger partial charge in [0.15, 0.2) is 0 Å². The highest BCUT2D eigenvalue weighted by molar-refractivity contribution is 5.04. The molecule has 0 radical (unpaired) electrons. The van der Waals surface area contributed by atoms with Crippen molar-refractivity contribution in [1.29, 1.82) is 0 Å². The molecule has 0 aromatic rings. The SMILES string of the molecule is C/C=C/CC[C@@H]1CO1.C/C=C\CC[C@@H]1CO1.C[C@@H]1[C@@H]2CC[C@@H](O)[C@H]12.C[C@H]1[C@@H]2CC[C@@H](O)[C@H]12. The zero-order valence-corrected chi connectivity index (χ0v) is 20.9. The predicted octanol–water partition coefficient (Wildman–Crippen LogP) is 5.53. The van der Waals surface area contributed by atoms with Crippen LogP contribution in [0.2, 0.25) is 0 Å². The Bertz CT molecular complexity index is 538. The number of hydrogen-bond acceptors (Lipinski definition) is 4. The molecule has 0 bridgehead atoms. The van der Waals surface area contributed by atoms with E-state index in [1.165, 1.54) is 38.5 Å². The second kappa shape index (κ2) is 12.7. The molecule has 0 aromatic heterocycles. The molecule has 6 rings (SSSR count). The van der Waals surface area contributed by atoms with Crippen LogP contribution in [0.1, 0.15) is 79.1 Å². The van der Waals surface area contributed by atoms with Crippen LogP contribution in [0.25, 0.3) is 0 Å². The number of ether oxygens (including phenoxy) is 2. The molecule has 2 aliphatic heterocycles. The monoisotopic (exact) mass is 448 g/mol. The van der Waals surface area contributed by atoms with Crippen molar-refractivity contribution in [2.75, 3.05) is 13.2 Å². The van der Waals surface area contributed by atoms with Crippen LogP contribution in [0.15, 0.2) is 24.3 Å². The lowest BCUT2D eigenvalue weighted by atomic mass is 10.1. The Hall–Kier alpha value is -0.680. The molecule has 0 amide bonds. The van der Waals surface area contributed by atoms with E-state index in [2.05, 4.69) is 38.2 Å². The standard InChI is InChI=1S/4C7H12O/c2*1-4-5-2-3-6(8)7(4)5;2*1-2-3-4-5-7-6-8-7/h2*4-8H,2-3H2,1H3;2*2-3,7H,4-6H2,1H3/b;;3-2+;3-2-/t4-,5+,6-,7-;4-,5-,6+,7+;2*7-/m1011/s1. The van der Waals surface area contributed by atoms with Gasteiger partial charge in [-0.05, 0) is 101 Å². The maximum Gasteiger partial charge on any atom is 0.0812 e. The number of fused-ring (bicyclic) bond motifs is 2. The number of aliphatic hydroxyl groups is 2. The molecule has 0 spiro atoms. The van der Waals surface area contributed by atoms with Gasteiger partial charge >= 0.3 is 0 Å². The molecule has 10 atom stereocenters. The van der Waals surface area contributed by atoms with Crippen molar-refractivity contribution < 1.29 is 19.7 Å². The van der Waals surface area contributed by atoms with Crippen LogP contribution < -0.4 is 0 Å². The molecule has 6 aliphatic rings. The van der Waals surface area contributed by atoms with E-state index in [1.54, 1.807) is 0 Å². The van der Waals surface area contributed by atoms with Gasteiger partial charge in [0, 0.05) is 0 Å². The first-order valence-corrected chi connectivity index (χ1v) is 13.3. The molecule has 4 heteroatoms. The van der Waals surface area contributed by atoms with Crippen molar-refractivity contribution in [1.82, 2.24) is 0 Å². The normalized spacial score (nSPS) is 43.8. The first kappa shape index (κ1) is 25.9. The van der Waals surface area contributed by atoms with Crippen molar-refractivity contribution in [3.05, 3.63) is 24.3 Å². The number of aliphatic hydroxyl groups excluding tert-OH is 2. The molecule has 4 saturated carbocycles. The second-order valence-electron chi connectivity index (χ2n) is 10.7. The Morgan fingerprint density at radius 1 is 0.688 bits per heavy atom. The fourth-order valence-corrected chi connectivity index (χ4v) is 5.82. The van der Waals surface area contributed by atoms with Crippen LogP contribution in [0.4, 0.5) is 0 Å². The van der Waals surface area contributed by atoms with Gasteiger partial charge in [-0.15, -0.1) is 0 Å². The van der Waals surface area contributed by atoms with Gasteiger partial charge in [-0.25, -0.2) is 0 Å². The Labute approximate surface area is 196 Å². The van der Waals surface area contributed by atoms with Crippen LogP contribution in [0, 0.1) is 35.5 Å². The fraction of sp³-hybridized carbons (Fsp3) is 0.857. The van der Waals surface area contributed by atoms with E-state index in [-0.39, 0.29) is 12.2 Å². The molecule has 0 unspecified atom stereocenters. The van der Waals surface area contributed by atoms with Crippen molar-refractivity contribution in [2.45, 2.75) is 103 Å². The predicted molar refractivity (Wildman–Crippen MR) is 130 cm³/mol. The van der Waals surface area contributed by atoms with E-state index in [9.17, 15) is 10.2 Å². The molecule has 184 valence electrons. The van der Waals surface area contributed by atoms with Crippen molar-refractivity contribution in [2.24, 2.45) is 35.5 Å². The van der Waals surface area contributed by atoms with Crippen LogP contribution in [0.3, 0.4) is 0 Å². The molecule has 32 heavy (non-hydrogen) atoms. The minimum Gasteiger partial charge on any atom is -0.393 e. The molecule has 4 aliphatic carbocycles. The van der Waals surface area contributed by atoms with Crippen molar-refractivity contribution in [3.63, 3.8) is 0 Å². The smallest absolute Gasteiger partial charge is 0.0812 e. The average Bonchev–Trinajstić information content (AvgIpc) is 3.65. The van der Waals surface area contributed by atoms with E-state index in [0.717, 1.165) is 49.7 Å². The number of epoxide rings is 2. The molecule has 6 fully saturated rings. The summed E-state index contributed by atoms with van der Waals surface area (Å²) in [5, 5.41) is 18.4. The molecule has 2 N–H and O–H groups in total. The quantitative estimate of drug-likeness (QED) is 0.414. The zero-order valence-electron chi connectivity index (χ0n) is 20.9. The minimum absolute atomic E-state index is 0.0648. The molecule has 2 heterocycles. The summed E-state index contributed by atoms with van der Waals surface area (Å²) in [6.45, 7) is 10.6. The van der Waals surface area contributed by atoms with E-state index in [4.69, 9.17) is 9.47 Å². The maximum absolute atomic E-state index is 9.21. The van der Waals surface area contributed by atoms with Gasteiger partial charge in [-0.2, -0.15) is 0 Å². The van der Waals surface area contributed by atoms with Gasteiger partial charge in [0.1, 0.15) is 0 Å². The Morgan fingerprint density at radius 3 is 1.25 bits per heavy atom. The minimum atomic E-state index is 0.0648. The van der Waals surface area contributed by atoms with Crippen LogP contribution >= 0.6 is 0 Å². The largest absolute Gasteiger partial charge is 0.393 e. The molecule has 4 nitrogen and oxygen atoms in total. The first-order valence-electron chi connectivity index (χ1n) is 13.3. The van der Waals surface area contributed by atoms with Crippen LogP contribution in [-0.4, -0.2) is 47.8 Å². The Kier molecular flexibility index (Phi) is 10.3. The zero-order chi connectivity index (χ0) is 23.1. The summed E-state index contributed by atoms with van der Waals surface area (Å²) in [6.07, 6.45) is 19.4.